The molecule has 5 heteroatoms. The summed E-state index contributed by atoms with van der Waals surface area (Å²) in [4.78, 5) is 13.7. The lowest BCUT2D eigenvalue weighted by molar-refractivity contribution is 0.135. The Kier molecular flexibility index (Phi) is 4.18. The summed E-state index contributed by atoms with van der Waals surface area (Å²) in [5, 5.41) is 0. The van der Waals surface area contributed by atoms with Gasteiger partial charge in [0.25, 0.3) is 0 Å². The lowest BCUT2D eigenvalue weighted by Crippen LogP contribution is -2.24. The summed E-state index contributed by atoms with van der Waals surface area (Å²) in [5.74, 6) is 1.41. The average molecular weight is 291 g/mol. The standard InChI is InChI=1S/C16H21NO4/c1-2-3-4-5-6-13-10-17(16(18)21-13)12-7-8-14-15(9-12)20-11-19-14/h7-9,13H,2-6,10-11H2,1H3. The zero-order chi connectivity index (χ0) is 14.7. The van der Waals surface area contributed by atoms with E-state index >= 15 is 0 Å². The van der Waals surface area contributed by atoms with Crippen LogP contribution in [0.15, 0.2) is 18.2 Å². The molecule has 1 aromatic carbocycles. The number of fused-ring (bicyclic) bond motifs is 1. The number of unbranched alkanes of at least 4 members (excludes halogenated alkanes) is 3. The van der Waals surface area contributed by atoms with Gasteiger partial charge in [0.15, 0.2) is 11.5 Å². The molecule has 0 spiro atoms. The lowest BCUT2D eigenvalue weighted by atomic mass is 10.1. The topological polar surface area (TPSA) is 48.0 Å². The van der Waals surface area contributed by atoms with Crippen molar-refractivity contribution >= 4 is 11.8 Å². The Morgan fingerprint density at radius 3 is 2.90 bits per heavy atom. The SMILES string of the molecule is CCCCCCC1CN(c2ccc3c(c2)OCO3)C(=O)O1. The van der Waals surface area contributed by atoms with E-state index in [4.69, 9.17) is 14.2 Å². The third kappa shape index (κ3) is 3.06. The van der Waals surface area contributed by atoms with Crippen LogP contribution in [0.25, 0.3) is 0 Å². The minimum Gasteiger partial charge on any atom is -0.454 e. The molecule has 1 fully saturated rings. The van der Waals surface area contributed by atoms with Gasteiger partial charge in [-0.1, -0.05) is 26.2 Å². The van der Waals surface area contributed by atoms with Gasteiger partial charge < -0.3 is 14.2 Å². The second-order valence-electron chi connectivity index (χ2n) is 5.50. The van der Waals surface area contributed by atoms with Crippen LogP contribution < -0.4 is 14.4 Å². The Morgan fingerprint density at radius 2 is 2.05 bits per heavy atom. The van der Waals surface area contributed by atoms with Crippen LogP contribution in [0.4, 0.5) is 10.5 Å². The van der Waals surface area contributed by atoms with Crippen molar-refractivity contribution < 1.29 is 19.0 Å². The van der Waals surface area contributed by atoms with E-state index in [1.54, 1.807) is 4.90 Å². The van der Waals surface area contributed by atoms with Gasteiger partial charge in [0, 0.05) is 6.07 Å². The monoisotopic (exact) mass is 291 g/mol. The van der Waals surface area contributed by atoms with Gasteiger partial charge in [-0.3, -0.25) is 4.90 Å². The fraction of sp³-hybridized carbons (Fsp3) is 0.562. The second kappa shape index (κ2) is 6.24. The minimum absolute atomic E-state index is 0.000205. The van der Waals surface area contributed by atoms with Crippen LogP contribution in [0, 0.1) is 0 Å². The summed E-state index contributed by atoms with van der Waals surface area (Å²) in [6, 6.07) is 5.54. The first kappa shape index (κ1) is 14.0. The van der Waals surface area contributed by atoms with E-state index in [0.29, 0.717) is 12.3 Å². The zero-order valence-electron chi connectivity index (χ0n) is 12.3. The van der Waals surface area contributed by atoms with Crippen molar-refractivity contribution in [1.29, 1.82) is 0 Å². The lowest BCUT2D eigenvalue weighted by Gasteiger charge is -2.13. The molecule has 0 N–H and O–H groups in total. The Morgan fingerprint density at radius 1 is 1.19 bits per heavy atom. The van der Waals surface area contributed by atoms with E-state index < -0.39 is 0 Å². The Labute approximate surface area is 124 Å². The number of hydrogen-bond donors (Lipinski definition) is 0. The first-order valence-electron chi connectivity index (χ1n) is 7.65. The Balaban J connectivity index is 1.60. The third-order valence-electron chi connectivity index (χ3n) is 3.92. The summed E-state index contributed by atoms with van der Waals surface area (Å²) in [5.41, 5.74) is 0.806. The predicted octanol–water partition coefficient (Wildman–Crippen LogP) is 3.71. The Bertz CT molecular complexity index is 517. The van der Waals surface area contributed by atoms with Crippen LogP contribution in [0.5, 0.6) is 11.5 Å². The van der Waals surface area contributed by atoms with E-state index in [9.17, 15) is 4.79 Å². The molecular weight excluding hydrogens is 270 g/mol. The number of anilines is 1. The van der Waals surface area contributed by atoms with Crippen LogP contribution in [-0.2, 0) is 4.74 Å². The van der Waals surface area contributed by atoms with Crippen LogP contribution in [0.2, 0.25) is 0 Å². The van der Waals surface area contributed by atoms with Crippen LogP contribution in [0.1, 0.15) is 39.0 Å². The molecule has 1 aromatic rings. The first-order chi connectivity index (χ1) is 10.3. The number of rotatable bonds is 6. The number of carbonyl (C=O) groups excluding carboxylic acids is 1. The highest BCUT2D eigenvalue weighted by Crippen LogP contribution is 2.36. The molecule has 5 nitrogen and oxygen atoms in total. The maximum absolute atomic E-state index is 12.0. The highest BCUT2D eigenvalue weighted by Gasteiger charge is 2.32. The second-order valence-corrected chi connectivity index (χ2v) is 5.50. The first-order valence-corrected chi connectivity index (χ1v) is 7.65. The highest BCUT2D eigenvalue weighted by atomic mass is 16.7. The van der Waals surface area contributed by atoms with Crippen molar-refractivity contribution in [2.75, 3.05) is 18.2 Å². The van der Waals surface area contributed by atoms with Crippen molar-refractivity contribution in [2.24, 2.45) is 0 Å². The Hall–Kier alpha value is -1.91. The van der Waals surface area contributed by atoms with Gasteiger partial charge in [-0.05, 0) is 25.0 Å². The average Bonchev–Trinajstić information content (AvgIpc) is 3.09. The summed E-state index contributed by atoms with van der Waals surface area (Å²) in [6.07, 6.45) is 5.44. The largest absolute Gasteiger partial charge is 0.454 e. The van der Waals surface area contributed by atoms with Crippen molar-refractivity contribution in [1.82, 2.24) is 0 Å². The molecule has 0 aliphatic carbocycles. The number of benzene rings is 1. The molecule has 1 unspecified atom stereocenters. The summed E-state index contributed by atoms with van der Waals surface area (Å²) < 4.78 is 16.1. The van der Waals surface area contributed by atoms with Crippen molar-refractivity contribution in [3.05, 3.63) is 18.2 Å². The van der Waals surface area contributed by atoms with E-state index in [1.165, 1.54) is 19.3 Å². The smallest absolute Gasteiger partial charge is 0.414 e. The fourth-order valence-corrected chi connectivity index (χ4v) is 2.73. The third-order valence-corrected chi connectivity index (χ3v) is 3.92. The van der Waals surface area contributed by atoms with Gasteiger partial charge in [0.05, 0.1) is 12.2 Å². The molecule has 0 aromatic heterocycles. The number of ether oxygens (including phenoxy) is 3. The van der Waals surface area contributed by atoms with E-state index in [2.05, 4.69) is 6.92 Å². The van der Waals surface area contributed by atoms with Gasteiger partial charge in [0.1, 0.15) is 6.10 Å². The molecule has 0 bridgehead atoms. The van der Waals surface area contributed by atoms with Gasteiger partial charge in [0.2, 0.25) is 6.79 Å². The fourth-order valence-electron chi connectivity index (χ4n) is 2.73. The highest BCUT2D eigenvalue weighted by molar-refractivity contribution is 5.90. The quantitative estimate of drug-likeness (QED) is 0.750. The molecule has 21 heavy (non-hydrogen) atoms. The number of cyclic esters (lactones) is 1. The number of hydrogen-bond acceptors (Lipinski definition) is 4. The zero-order valence-corrected chi connectivity index (χ0v) is 12.3. The van der Waals surface area contributed by atoms with Gasteiger partial charge in [-0.25, -0.2) is 4.79 Å². The normalized spacial score (nSPS) is 20.0. The van der Waals surface area contributed by atoms with Crippen LogP contribution >= 0.6 is 0 Å². The van der Waals surface area contributed by atoms with Gasteiger partial charge in [-0.2, -0.15) is 0 Å². The molecule has 1 atom stereocenters. The summed E-state index contributed by atoms with van der Waals surface area (Å²) in [7, 11) is 0. The molecule has 0 saturated carbocycles. The van der Waals surface area contributed by atoms with E-state index in [-0.39, 0.29) is 19.0 Å². The molecule has 1 saturated heterocycles. The number of amides is 1. The molecule has 0 radical (unpaired) electrons. The summed E-state index contributed by atoms with van der Waals surface area (Å²) >= 11 is 0. The molecule has 2 heterocycles. The van der Waals surface area contributed by atoms with E-state index in [1.807, 2.05) is 18.2 Å². The van der Waals surface area contributed by atoms with Crippen molar-refractivity contribution in [3.63, 3.8) is 0 Å². The van der Waals surface area contributed by atoms with Crippen LogP contribution in [0.3, 0.4) is 0 Å². The number of nitrogens with zero attached hydrogens (tertiary/aromatic N) is 1. The van der Waals surface area contributed by atoms with Crippen LogP contribution in [-0.4, -0.2) is 25.5 Å². The molecule has 114 valence electrons. The minimum atomic E-state index is -0.269. The molecular formula is C16H21NO4. The molecule has 2 aliphatic heterocycles. The molecule has 3 rings (SSSR count). The maximum atomic E-state index is 12.0. The van der Waals surface area contributed by atoms with Crippen molar-refractivity contribution in [2.45, 2.75) is 45.1 Å². The molecule has 1 amide bonds. The van der Waals surface area contributed by atoms with Gasteiger partial charge >= 0.3 is 6.09 Å². The van der Waals surface area contributed by atoms with Crippen molar-refractivity contribution in [3.8, 4) is 11.5 Å². The predicted molar refractivity (Wildman–Crippen MR) is 78.9 cm³/mol. The van der Waals surface area contributed by atoms with Gasteiger partial charge in [-0.15, -0.1) is 0 Å². The number of carbonyl (C=O) groups is 1. The molecule has 2 aliphatic rings. The maximum Gasteiger partial charge on any atom is 0.414 e. The van der Waals surface area contributed by atoms with E-state index in [0.717, 1.165) is 24.3 Å². The summed E-state index contributed by atoms with van der Waals surface area (Å²) in [6.45, 7) is 3.05.